The standard InChI is InChI=1S/C12H20O3/c1-14-12(15-13)10-3-2-4-11(12)9-6-5-8(10)7-9/h8-11,13H,2-7H2,1H3/t8-,9+,10+,11-,12?. The van der Waals surface area contributed by atoms with Gasteiger partial charge in [0.25, 0.3) is 0 Å². The molecule has 3 fully saturated rings. The Hall–Kier alpha value is -0.120. The molecule has 1 unspecified atom stereocenters. The van der Waals surface area contributed by atoms with Crippen LogP contribution in [0, 0.1) is 23.7 Å². The van der Waals surface area contributed by atoms with E-state index in [2.05, 4.69) is 0 Å². The van der Waals surface area contributed by atoms with Crippen LogP contribution in [0.15, 0.2) is 0 Å². The molecule has 0 radical (unpaired) electrons. The zero-order valence-electron chi connectivity index (χ0n) is 9.32. The first-order valence-corrected chi connectivity index (χ1v) is 6.19. The molecule has 0 saturated heterocycles. The van der Waals surface area contributed by atoms with Crippen LogP contribution in [0.3, 0.4) is 0 Å². The molecule has 3 aliphatic carbocycles. The maximum atomic E-state index is 9.29. The number of methoxy groups -OCH3 is 1. The van der Waals surface area contributed by atoms with Crippen molar-refractivity contribution in [3.63, 3.8) is 0 Å². The first-order valence-electron chi connectivity index (χ1n) is 6.19. The monoisotopic (exact) mass is 212 g/mol. The minimum atomic E-state index is -0.664. The number of ether oxygens (including phenoxy) is 1. The second-order valence-electron chi connectivity index (χ2n) is 5.49. The van der Waals surface area contributed by atoms with Gasteiger partial charge in [-0.2, -0.15) is 0 Å². The fraction of sp³-hybridized carbons (Fsp3) is 1.00. The van der Waals surface area contributed by atoms with Crippen molar-refractivity contribution in [1.29, 1.82) is 0 Å². The van der Waals surface area contributed by atoms with Gasteiger partial charge in [-0.1, -0.05) is 6.42 Å². The van der Waals surface area contributed by atoms with Gasteiger partial charge in [0.15, 0.2) is 0 Å². The van der Waals surface area contributed by atoms with E-state index in [4.69, 9.17) is 9.62 Å². The minimum Gasteiger partial charge on any atom is -0.350 e. The number of rotatable bonds is 2. The molecule has 4 bridgehead atoms. The van der Waals surface area contributed by atoms with Gasteiger partial charge < -0.3 is 4.74 Å². The smallest absolute Gasteiger partial charge is 0.207 e. The summed E-state index contributed by atoms with van der Waals surface area (Å²) < 4.78 is 5.60. The molecule has 0 aromatic heterocycles. The molecule has 0 spiro atoms. The summed E-state index contributed by atoms with van der Waals surface area (Å²) in [5.74, 6) is 1.62. The van der Waals surface area contributed by atoms with Gasteiger partial charge in [-0.15, -0.1) is 0 Å². The molecule has 1 N–H and O–H groups in total. The zero-order chi connectivity index (χ0) is 10.5. The van der Waals surface area contributed by atoms with Crippen LogP contribution >= 0.6 is 0 Å². The summed E-state index contributed by atoms with van der Waals surface area (Å²) >= 11 is 0. The number of hydrogen-bond donors (Lipinski definition) is 1. The van der Waals surface area contributed by atoms with E-state index in [1.54, 1.807) is 7.11 Å². The molecule has 0 heterocycles. The summed E-state index contributed by atoms with van der Waals surface area (Å²) in [5, 5.41) is 9.29. The van der Waals surface area contributed by atoms with Gasteiger partial charge >= 0.3 is 0 Å². The van der Waals surface area contributed by atoms with Crippen molar-refractivity contribution in [3.05, 3.63) is 0 Å². The average molecular weight is 212 g/mol. The van der Waals surface area contributed by atoms with Crippen molar-refractivity contribution >= 4 is 0 Å². The second kappa shape index (κ2) is 3.44. The van der Waals surface area contributed by atoms with Crippen LogP contribution in [0.1, 0.15) is 38.5 Å². The van der Waals surface area contributed by atoms with Crippen LogP contribution in [0.25, 0.3) is 0 Å². The molecule has 0 aliphatic heterocycles. The van der Waals surface area contributed by atoms with Crippen molar-refractivity contribution in [2.24, 2.45) is 23.7 Å². The van der Waals surface area contributed by atoms with Gasteiger partial charge in [-0.05, 0) is 43.9 Å². The van der Waals surface area contributed by atoms with Gasteiger partial charge in [-0.25, -0.2) is 10.1 Å². The predicted molar refractivity (Wildman–Crippen MR) is 55.1 cm³/mol. The summed E-state index contributed by atoms with van der Waals surface area (Å²) in [5.41, 5.74) is 0. The molecule has 3 aliphatic rings. The molecule has 0 aromatic carbocycles. The van der Waals surface area contributed by atoms with Crippen molar-refractivity contribution in [2.45, 2.75) is 44.3 Å². The summed E-state index contributed by atoms with van der Waals surface area (Å²) in [6, 6.07) is 0. The molecule has 0 aromatic rings. The van der Waals surface area contributed by atoms with Gasteiger partial charge in [0.05, 0.1) is 0 Å². The minimum absolute atomic E-state index is 0.421. The van der Waals surface area contributed by atoms with Crippen molar-refractivity contribution in [3.8, 4) is 0 Å². The van der Waals surface area contributed by atoms with Crippen molar-refractivity contribution in [1.82, 2.24) is 0 Å². The Labute approximate surface area is 90.7 Å². The Morgan fingerprint density at radius 2 is 1.67 bits per heavy atom. The first kappa shape index (κ1) is 10.1. The molecule has 3 saturated carbocycles. The number of fused-ring (bicyclic) bond motifs is 6. The molecule has 5 atom stereocenters. The predicted octanol–water partition coefficient (Wildman–Crippen LogP) is 2.66. The first-order chi connectivity index (χ1) is 7.31. The quantitative estimate of drug-likeness (QED) is 0.434. The Kier molecular flexibility index (Phi) is 2.31. The molecular formula is C12H20O3. The molecule has 3 rings (SSSR count). The van der Waals surface area contributed by atoms with Crippen LogP contribution < -0.4 is 0 Å². The topological polar surface area (TPSA) is 38.7 Å². The fourth-order valence-electron chi connectivity index (χ4n) is 4.62. The van der Waals surface area contributed by atoms with Crippen LogP contribution in [0.4, 0.5) is 0 Å². The summed E-state index contributed by atoms with van der Waals surface area (Å²) in [6.07, 6.45) is 7.53. The summed E-state index contributed by atoms with van der Waals surface area (Å²) in [7, 11) is 1.69. The third kappa shape index (κ3) is 1.17. The van der Waals surface area contributed by atoms with Gasteiger partial charge in [-0.3, -0.25) is 0 Å². The van der Waals surface area contributed by atoms with Crippen molar-refractivity contribution in [2.75, 3.05) is 7.11 Å². The third-order valence-corrected chi connectivity index (χ3v) is 5.18. The highest BCUT2D eigenvalue weighted by Gasteiger charge is 2.61. The molecule has 86 valence electrons. The maximum Gasteiger partial charge on any atom is 0.207 e. The third-order valence-electron chi connectivity index (χ3n) is 5.18. The van der Waals surface area contributed by atoms with Crippen LogP contribution in [0.2, 0.25) is 0 Å². The molecule has 3 heteroatoms. The summed E-state index contributed by atoms with van der Waals surface area (Å²) in [6.45, 7) is 0. The molecule has 15 heavy (non-hydrogen) atoms. The maximum absolute atomic E-state index is 9.29. The lowest BCUT2D eigenvalue weighted by molar-refractivity contribution is -0.450. The van der Waals surface area contributed by atoms with Gasteiger partial charge in [0.2, 0.25) is 5.79 Å². The number of hydrogen-bond acceptors (Lipinski definition) is 3. The molecular weight excluding hydrogens is 192 g/mol. The van der Waals surface area contributed by atoms with Gasteiger partial charge in [0, 0.05) is 18.9 Å². The Balaban J connectivity index is 2.00. The van der Waals surface area contributed by atoms with Crippen molar-refractivity contribution < 1.29 is 14.9 Å². The fourth-order valence-corrected chi connectivity index (χ4v) is 4.62. The van der Waals surface area contributed by atoms with E-state index in [-0.39, 0.29) is 0 Å². The lowest BCUT2D eigenvalue weighted by atomic mass is 9.62. The van der Waals surface area contributed by atoms with Crippen LogP contribution in [-0.2, 0) is 9.62 Å². The van der Waals surface area contributed by atoms with E-state index >= 15 is 0 Å². The normalized spacial score (nSPS) is 53.2. The highest BCUT2D eigenvalue weighted by Crippen LogP contribution is 2.60. The van der Waals surface area contributed by atoms with E-state index in [0.29, 0.717) is 11.8 Å². The Morgan fingerprint density at radius 1 is 1.07 bits per heavy atom. The van der Waals surface area contributed by atoms with Crippen LogP contribution in [0.5, 0.6) is 0 Å². The van der Waals surface area contributed by atoms with Crippen LogP contribution in [-0.4, -0.2) is 18.2 Å². The van der Waals surface area contributed by atoms with E-state index in [9.17, 15) is 5.26 Å². The van der Waals surface area contributed by atoms with E-state index < -0.39 is 5.79 Å². The Morgan fingerprint density at radius 3 is 2.13 bits per heavy atom. The highest BCUT2D eigenvalue weighted by molar-refractivity contribution is 5.04. The molecule has 0 amide bonds. The van der Waals surface area contributed by atoms with E-state index in [1.807, 2.05) is 0 Å². The molecule has 3 nitrogen and oxygen atoms in total. The largest absolute Gasteiger partial charge is 0.350 e. The van der Waals surface area contributed by atoms with E-state index in [1.165, 1.54) is 25.7 Å². The zero-order valence-corrected chi connectivity index (χ0v) is 9.32. The lowest BCUT2D eigenvalue weighted by Gasteiger charge is -2.52. The highest BCUT2D eigenvalue weighted by atomic mass is 17.1. The lowest BCUT2D eigenvalue weighted by Crippen LogP contribution is -2.57. The van der Waals surface area contributed by atoms with Gasteiger partial charge in [0.1, 0.15) is 0 Å². The average Bonchev–Trinajstić information content (AvgIpc) is 2.73. The van der Waals surface area contributed by atoms with E-state index in [0.717, 1.165) is 24.7 Å². The Bertz CT molecular complexity index is 229. The summed E-state index contributed by atoms with van der Waals surface area (Å²) in [4.78, 5) is 4.85. The SMILES string of the molecule is COC1(OO)[C@@H]2CCC[C@H]1[C@@H]1CC[C@H]2C1. The second-order valence-corrected chi connectivity index (χ2v) is 5.49.